The number of hydrogen-bond acceptors (Lipinski definition) is 4. The van der Waals surface area contributed by atoms with Gasteiger partial charge in [0, 0.05) is 19.6 Å². The lowest BCUT2D eigenvalue weighted by atomic mass is 10.0. The molecule has 1 saturated heterocycles. The van der Waals surface area contributed by atoms with Crippen LogP contribution in [0.3, 0.4) is 0 Å². The fourth-order valence-corrected chi connectivity index (χ4v) is 2.63. The molecular weight excluding hydrogens is 266 g/mol. The smallest absolute Gasteiger partial charge is 0.339 e. The van der Waals surface area contributed by atoms with E-state index in [2.05, 4.69) is 16.9 Å². The summed E-state index contributed by atoms with van der Waals surface area (Å²) >= 11 is 5.89. The van der Waals surface area contributed by atoms with Crippen molar-refractivity contribution in [2.24, 2.45) is 0 Å². The number of halogens is 1. The molecule has 0 saturated carbocycles. The molecular formula is C13H18ClN3O2. The van der Waals surface area contributed by atoms with E-state index in [0.29, 0.717) is 11.0 Å². The quantitative estimate of drug-likeness (QED) is 0.860. The summed E-state index contributed by atoms with van der Waals surface area (Å²) in [5.74, 6) is -0.532. The molecule has 19 heavy (non-hydrogen) atoms. The van der Waals surface area contributed by atoms with Crippen molar-refractivity contribution >= 4 is 23.4 Å². The predicted molar refractivity (Wildman–Crippen MR) is 75.1 cm³/mol. The third-order valence-corrected chi connectivity index (χ3v) is 3.76. The van der Waals surface area contributed by atoms with Crippen molar-refractivity contribution in [1.82, 2.24) is 9.88 Å². The van der Waals surface area contributed by atoms with Crippen LogP contribution in [-0.2, 0) is 0 Å². The Morgan fingerprint density at radius 1 is 1.58 bits per heavy atom. The molecule has 6 heteroatoms. The first kappa shape index (κ1) is 14.1. The topological polar surface area (TPSA) is 56.7 Å². The monoisotopic (exact) mass is 283 g/mol. The van der Waals surface area contributed by atoms with Crippen molar-refractivity contribution in [2.45, 2.75) is 18.9 Å². The number of hydrogen-bond donors (Lipinski definition) is 1. The Balaban J connectivity index is 2.29. The summed E-state index contributed by atoms with van der Waals surface area (Å²) in [6.45, 7) is 1.99. The van der Waals surface area contributed by atoms with E-state index in [9.17, 15) is 9.90 Å². The predicted octanol–water partition coefficient (Wildman–Crippen LogP) is 1.96. The van der Waals surface area contributed by atoms with Crippen LogP contribution in [0.4, 0.5) is 5.82 Å². The molecule has 1 aromatic rings. The number of likely N-dealkylation sites (tertiary alicyclic amines) is 1. The molecule has 0 aromatic carbocycles. The van der Waals surface area contributed by atoms with Gasteiger partial charge in [-0.05, 0) is 38.6 Å². The zero-order valence-electron chi connectivity index (χ0n) is 11.1. The SMILES string of the molecule is CN1CCCC(N(C)c2nc(Cl)ccc2C(=O)O)C1. The first-order valence-electron chi connectivity index (χ1n) is 6.30. The highest BCUT2D eigenvalue weighted by Crippen LogP contribution is 2.24. The van der Waals surface area contributed by atoms with Gasteiger partial charge in [0.15, 0.2) is 0 Å². The maximum absolute atomic E-state index is 11.3. The van der Waals surface area contributed by atoms with Crippen LogP contribution in [0.1, 0.15) is 23.2 Å². The van der Waals surface area contributed by atoms with Crippen molar-refractivity contribution < 1.29 is 9.90 Å². The Bertz CT molecular complexity index is 481. The first-order chi connectivity index (χ1) is 8.99. The van der Waals surface area contributed by atoms with E-state index in [1.165, 1.54) is 12.1 Å². The van der Waals surface area contributed by atoms with Crippen LogP contribution >= 0.6 is 11.6 Å². The standard InChI is InChI=1S/C13H18ClN3O2/c1-16-7-3-4-9(8-16)17(2)12-10(13(18)19)5-6-11(14)15-12/h5-6,9H,3-4,7-8H2,1-2H3,(H,18,19). The van der Waals surface area contributed by atoms with Crippen molar-refractivity contribution in [3.8, 4) is 0 Å². The van der Waals surface area contributed by atoms with Gasteiger partial charge in [0.2, 0.25) is 0 Å². The van der Waals surface area contributed by atoms with Gasteiger partial charge in [-0.2, -0.15) is 0 Å². The molecule has 1 aliphatic heterocycles. The molecule has 0 aliphatic carbocycles. The summed E-state index contributed by atoms with van der Waals surface area (Å²) in [7, 11) is 3.96. The lowest BCUT2D eigenvalue weighted by molar-refractivity contribution is 0.0697. The Morgan fingerprint density at radius 2 is 2.32 bits per heavy atom. The Morgan fingerprint density at radius 3 is 2.95 bits per heavy atom. The van der Waals surface area contributed by atoms with E-state index < -0.39 is 5.97 Å². The molecule has 1 atom stereocenters. The Kier molecular flexibility index (Phi) is 4.27. The number of pyridine rings is 1. The van der Waals surface area contributed by atoms with Gasteiger partial charge in [-0.1, -0.05) is 11.6 Å². The maximum atomic E-state index is 11.3. The van der Waals surface area contributed by atoms with Gasteiger partial charge in [0.1, 0.15) is 16.5 Å². The van der Waals surface area contributed by atoms with Crippen molar-refractivity contribution in [3.63, 3.8) is 0 Å². The minimum atomic E-state index is -0.977. The normalized spacial score (nSPS) is 20.3. The zero-order chi connectivity index (χ0) is 14.0. The average Bonchev–Trinajstić information content (AvgIpc) is 2.37. The number of likely N-dealkylation sites (N-methyl/N-ethyl adjacent to an activating group) is 2. The highest BCUT2D eigenvalue weighted by molar-refractivity contribution is 6.29. The van der Waals surface area contributed by atoms with Gasteiger partial charge in [-0.25, -0.2) is 9.78 Å². The Hall–Kier alpha value is -1.33. The maximum Gasteiger partial charge on any atom is 0.339 e. The zero-order valence-corrected chi connectivity index (χ0v) is 11.9. The molecule has 1 fully saturated rings. The lowest BCUT2D eigenvalue weighted by Gasteiger charge is -2.36. The number of rotatable bonds is 3. The van der Waals surface area contributed by atoms with E-state index in [4.69, 9.17) is 11.6 Å². The molecule has 0 bridgehead atoms. The highest BCUT2D eigenvalue weighted by atomic mass is 35.5. The second-order valence-electron chi connectivity index (χ2n) is 4.98. The van der Waals surface area contributed by atoms with Crippen LogP contribution in [0.2, 0.25) is 5.15 Å². The van der Waals surface area contributed by atoms with Gasteiger partial charge in [-0.15, -0.1) is 0 Å². The van der Waals surface area contributed by atoms with Crippen LogP contribution in [-0.4, -0.2) is 54.2 Å². The second-order valence-corrected chi connectivity index (χ2v) is 5.37. The number of anilines is 1. The number of carbonyl (C=O) groups is 1. The third kappa shape index (κ3) is 3.16. The van der Waals surface area contributed by atoms with E-state index >= 15 is 0 Å². The summed E-state index contributed by atoms with van der Waals surface area (Å²) < 4.78 is 0. The summed E-state index contributed by atoms with van der Waals surface area (Å²) in [5.41, 5.74) is 0.195. The molecule has 1 aromatic heterocycles. The van der Waals surface area contributed by atoms with Crippen LogP contribution in [0, 0.1) is 0 Å². The molecule has 5 nitrogen and oxygen atoms in total. The third-order valence-electron chi connectivity index (χ3n) is 3.55. The fourth-order valence-electron chi connectivity index (χ4n) is 2.49. The largest absolute Gasteiger partial charge is 0.478 e. The second kappa shape index (κ2) is 5.75. The van der Waals surface area contributed by atoms with Crippen LogP contribution in [0.5, 0.6) is 0 Å². The molecule has 1 unspecified atom stereocenters. The lowest BCUT2D eigenvalue weighted by Crippen LogP contribution is -2.45. The number of aromatic carboxylic acids is 1. The number of carboxylic acid groups (broad SMARTS) is 1. The molecule has 2 heterocycles. The van der Waals surface area contributed by atoms with Gasteiger partial charge in [-0.3, -0.25) is 0 Å². The van der Waals surface area contributed by atoms with Crippen LogP contribution < -0.4 is 4.90 Å². The summed E-state index contributed by atoms with van der Waals surface area (Å²) in [6, 6.07) is 3.29. The minimum absolute atomic E-state index is 0.195. The fraction of sp³-hybridized carbons (Fsp3) is 0.538. The van der Waals surface area contributed by atoms with Gasteiger partial charge < -0.3 is 14.9 Å². The van der Waals surface area contributed by atoms with Crippen molar-refractivity contribution in [2.75, 3.05) is 32.1 Å². The van der Waals surface area contributed by atoms with E-state index in [1.54, 1.807) is 0 Å². The Labute approximate surface area is 117 Å². The number of aromatic nitrogens is 1. The molecule has 1 aliphatic rings. The van der Waals surface area contributed by atoms with Crippen molar-refractivity contribution in [1.29, 1.82) is 0 Å². The van der Waals surface area contributed by atoms with Crippen molar-refractivity contribution in [3.05, 3.63) is 22.8 Å². The molecule has 0 amide bonds. The molecule has 1 N–H and O–H groups in total. The summed E-state index contributed by atoms with van der Waals surface area (Å²) in [4.78, 5) is 19.6. The van der Waals surface area contributed by atoms with E-state index in [1.807, 2.05) is 11.9 Å². The molecule has 104 valence electrons. The summed E-state index contributed by atoms with van der Waals surface area (Å²) in [5, 5.41) is 9.55. The highest BCUT2D eigenvalue weighted by Gasteiger charge is 2.25. The van der Waals surface area contributed by atoms with Gasteiger partial charge in [0.25, 0.3) is 0 Å². The number of piperidine rings is 1. The number of carboxylic acids is 1. The molecule has 0 spiro atoms. The summed E-state index contributed by atoms with van der Waals surface area (Å²) in [6.07, 6.45) is 2.14. The average molecular weight is 284 g/mol. The number of nitrogens with zero attached hydrogens (tertiary/aromatic N) is 3. The van der Waals surface area contributed by atoms with Gasteiger partial charge >= 0.3 is 5.97 Å². The van der Waals surface area contributed by atoms with Crippen LogP contribution in [0.15, 0.2) is 12.1 Å². The van der Waals surface area contributed by atoms with E-state index in [-0.39, 0.29) is 11.6 Å². The minimum Gasteiger partial charge on any atom is -0.478 e. The molecule has 0 radical (unpaired) electrons. The first-order valence-corrected chi connectivity index (χ1v) is 6.68. The van der Waals surface area contributed by atoms with Gasteiger partial charge in [0.05, 0.1) is 0 Å². The molecule has 2 rings (SSSR count). The van der Waals surface area contributed by atoms with Crippen LogP contribution in [0.25, 0.3) is 0 Å². The van der Waals surface area contributed by atoms with E-state index in [0.717, 1.165) is 25.9 Å².